The molecule has 0 bridgehead atoms. The molecule has 0 aliphatic carbocycles. The lowest BCUT2D eigenvalue weighted by molar-refractivity contribution is -0.117. The van der Waals surface area contributed by atoms with Gasteiger partial charge < -0.3 is 10.1 Å². The predicted octanol–water partition coefficient (Wildman–Crippen LogP) is 4.40. The summed E-state index contributed by atoms with van der Waals surface area (Å²) in [5.41, 5.74) is 1.69. The summed E-state index contributed by atoms with van der Waals surface area (Å²) in [6.45, 7) is 2.00. The van der Waals surface area contributed by atoms with Crippen molar-refractivity contribution in [1.29, 1.82) is 0 Å². The van der Waals surface area contributed by atoms with Crippen molar-refractivity contribution in [2.75, 3.05) is 5.32 Å². The first-order chi connectivity index (χ1) is 12.3. The SMILES string of the molecule is CC[C@H](C(=O)Nc1cccc(Oc2cccnn2)c1)c1ccccc1. The molecule has 0 aliphatic heterocycles. The molecule has 0 aliphatic rings. The highest BCUT2D eigenvalue weighted by atomic mass is 16.5. The molecular weight excluding hydrogens is 314 g/mol. The lowest BCUT2D eigenvalue weighted by Crippen LogP contribution is -2.20. The Hall–Kier alpha value is -3.21. The molecule has 0 radical (unpaired) electrons. The van der Waals surface area contributed by atoms with Gasteiger partial charge >= 0.3 is 0 Å². The Bertz CT molecular complexity index is 823. The fourth-order valence-electron chi connectivity index (χ4n) is 2.59. The number of amides is 1. The van der Waals surface area contributed by atoms with Crippen LogP contribution in [0.3, 0.4) is 0 Å². The van der Waals surface area contributed by atoms with Gasteiger partial charge in [0.05, 0.1) is 5.92 Å². The van der Waals surface area contributed by atoms with Crippen LogP contribution >= 0.6 is 0 Å². The number of carbonyl (C=O) groups is 1. The van der Waals surface area contributed by atoms with Crippen molar-refractivity contribution in [1.82, 2.24) is 10.2 Å². The van der Waals surface area contributed by atoms with E-state index in [9.17, 15) is 4.79 Å². The van der Waals surface area contributed by atoms with Gasteiger partial charge in [-0.1, -0.05) is 43.3 Å². The highest BCUT2D eigenvalue weighted by Crippen LogP contribution is 2.25. The third kappa shape index (κ3) is 4.41. The molecule has 1 N–H and O–H groups in total. The molecule has 0 saturated carbocycles. The van der Waals surface area contributed by atoms with Crippen LogP contribution in [0.5, 0.6) is 11.6 Å². The van der Waals surface area contributed by atoms with Gasteiger partial charge in [-0.15, -0.1) is 5.10 Å². The quantitative estimate of drug-likeness (QED) is 0.726. The molecule has 0 unspecified atom stereocenters. The number of hydrogen-bond donors (Lipinski definition) is 1. The number of nitrogens with zero attached hydrogens (tertiary/aromatic N) is 2. The van der Waals surface area contributed by atoms with Gasteiger partial charge in [-0.2, -0.15) is 5.10 Å². The molecular formula is C20H19N3O2. The number of benzene rings is 2. The number of aromatic nitrogens is 2. The predicted molar refractivity (Wildman–Crippen MR) is 96.7 cm³/mol. The third-order valence-electron chi connectivity index (χ3n) is 3.80. The van der Waals surface area contributed by atoms with Gasteiger partial charge in [-0.05, 0) is 30.2 Å². The van der Waals surface area contributed by atoms with Crippen molar-refractivity contribution in [3.05, 3.63) is 78.5 Å². The minimum atomic E-state index is -0.189. The average Bonchev–Trinajstić information content (AvgIpc) is 2.64. The summed E-state index contributed by atoms with van der Waals surface area (Å²) in [5, 5.41) is 10.6. The topological polar surface area (TPSA) is 64.1 Å². The fraction of sp³-hybridized carbons (Fsp3) is 0.150. The number of nitrogens with one attached hydrogen (secondary N) is 1. The standard InChI is InChI=1S/C20H19N3O2/c1-2-18(15-8-4-3-5-9-15)20(24)22-16-10-6-11-17(14-16)25-19-12-7-13-21-23-19/h3-14,18H,2H2,1H3,(H,22,24)/t18-/m0/s1. The normalized spacial score (nSPS) is 11.6. The van der Waals surface area contributed by atoms with Gasteiger partial charge in [0.15, 0.2) is 0 Å². The van der Waals surface area contributed by atoms with E-state index >= 15 is 0 Å². The van der Waals surface area contributed by atoms with E-state index < -0.39 is 0 Å². The van der Waals surface area contributed by atoms with Crippen molar-refractivity contribution >= 4 is 11.6 Å². The summed E-state index contributed by atoms with van der Waals surface area (Å²) >= 11 is 0. The highest BCUT2D eigenvalue weighted by Gasteiger charge is 2.18. The number of carbonyl (C=O) groups excluding carboxylic acids is 1. The minimum Gasteiger partial charge on any atom is -0.437 e. The first-order valence-electron chi connectivity index (χ1n) is 8.17. The molecule has 1 aromatic heterocycles. The Kier molecular flexibility index (Phi) is 5.36. The van der Waals surface area contributed by atoms with E-state index in [-0.39, 0.29) is 11.8 Å². The maximum atomic E-state index is 12.6. The molecule has 2 aromatic carbocycles. The zero-order chi connectivity index (χ0) is 17.5. The number of ether oxygens (including phenoxy) is 1. The van der Waals surface area contributed by atoms with Crippen LogP contribution in [0.1, 0.15) is 24.8 Å². The van der Waals surface area contributed by atoms with Crippen molar-refractivity contribution in [2.24, 2.45) is 0 Å². The van der Waals surface area contributed by atoms with Crippen molar-refractivity contribution in [3.63, 3.8) is 0 Å². The van der Waals surface area contributed by atoms with Crippen LogP contribution in [-0.2, 0) is 4.79 Å². The third-order valence-corrected chi connectivity index (χ3v) is 3.80. The molecule has 3 aromatic rings. The van der Waals surface area contributed by atoms with Crippen LogP contribution in [0.25, 0.3) is 0 Å². The van der Waals surface area contributed by atoms with Gasteiger partial charge in [-0.3, -0.25) is 4.79 Å². The Morgan fingerprint density at radius 3 is 2.64 bits per heavy atom. The molecule has 5 nitrogen and oxygen atoms in total. The maximum absolute atomic E-state index is 12.6. The molecule has 1 atom stereocenters. The van der Waals surface area contributed by atoms with E-state index in [0.29, 0.717) is 17.3 Å². The smallest absolute Gasteiger partial charge is 0.238 e. The van der Waals surface area contributed by atoms with Gasteiger partial charge in [-0.25, -0.2) is 0 Å². The Labute approximate surface area is 146 Å². The summed E-state index contributed by atoms with van der Waals surface area (Å²) in [4.78, 5) is 12.6. The van der Waals surface area contributed by atoms with Gasteiger partial charge in [0.25, 0.3) is 0 Å². The fourth-order valence-corrected chi connectivity index (χ4v) is 2.59. The van der Waals surface area contributed by atoms with Crippen LogP contribution in [0.15, 0.2) is 72.9 Å². The second kappa shape index (κ2) is 8.06. The molecule has 5 heteroatoms. The maximum Gasteiger partial charge on any atom is 0.238 e. The first-order valence-corrected chi connectivity index (χ1v) is 8.17. The molecule has 3 rings (SSSR count). The van der Waals surface area contributed by atoms with Crippen molar-refractivity contribution in [3.8, 4) is 11.6 Å². The van der Waals surface area contributed by atoms with E-state index in [4.69, 9.17) is 4.74 Å². The molecule has 25 heavy (non-hydrogen) atoms. The average molecular weight is 333 g/mol. The van der Waals surface area contributed by atoms with Crippen molar-refractivity contribution in [2.45, 2.75) is 19.3 Å². The van der Waals surface area contributed by atoms with E-state index in [1.165, 1.54) is 0 Å². The highest BCUT2D eigenvalue weighted by molar-refractivity contribution is 5.95. The van der Waals surface area contributed by atoms with Gasteiger partial charge in [0.1, 0.15) is 5.75 Å². The Morgan fingerprint density at radius 2 is 1.92 bits per heavy atom. The van der Waals surface area contributed by atoms with E-state index in [1.54, 1.807) is 30.5 Å². The van der Waals surface area contributed by atoms with Crippen molar-refractivity contribution < 1.29 is 9.53 Å². The molecule has 0 saturated heterocycles. The van der Waals surface area contributed by atoms with E-state index in [0.717, 1.165) is 12.0 Å². The van der Waals surface area contributed by atoms with Gasteiger partial charge in [0.2, 0.25) is 11.8 Å². The first kappa shape index (κ1) is 16.6. The largest absolute Gasteiger partial charge is 0.437 e. The zero-order valence-electron chi connectivity index (χ0n) is 13.9. The second-order valence-corrected chi connectivity index (χ2v) is 5.55. The Balaban J connectivity index is 1.72. The number of anilines is 1. The lowest BCUT2D eigenvalue weighted by Gasteiger charge is -2.16. The monoisotopic (exact) mass is 333 g/mol. The number of rotatable bonds is 6. The summed E-state index contributed by atoms with van der Waals surface area (Å²) in [6.07, 6.45) is 2.31. The van der Waals surface area contributed by atoms with E-state index in [2.05, 4.69) is 15.5 Å². The second-order valence-electron chi connectivity index (χ2n) is 5.55. The number of hydrogen-bond acceptors (Lipinski definition) is 4. The lowest BCUT2D eigenvalue weighted by atomic mass is 9.95. The van der Waals surface area contributed by atoms with Crippen LogP contribution in [-0.4, -0.2) is 16.1 Å². The van der Waals surface area contributed by atoms with Crippen LogP contribution in [0, 0.1) is 0 Å². The summed E-state index contributed by atoms with van der Waals surface area (Å²) in [6, 6.07) is 20.5. The Morgan fingerprint density at radius 1 is 1.08 bits per heavy atom. The molecule has 1 amide bonds. The van der Waals surface area contributed by atoms with Crippen LogP contribution < -0.4 is 10.1 Å². The summed E-state index contributed by atoms with van der Waals surface area (Å²) < 4.78 is 5.65. The minimum absolute atomic E-state index is 0.0367. The van der Waals surface area contributed by atoms with Gasteiger partial charge in [0, 0.05) is 24.0 Å². The zero-order valence-corrected chi connectivity index (χ0v) is 13.9. The van der Waals surface area contributed by atoms with E-state index in [1.807, 2.05) is 49.4 Å². The molecule has 1 heterocycles. The summed E-state index contributed by atoms with van der Waals surface area (Å²) in [7, 11) is 0. The molecule has 126 valence electrons. The summed E-state index contributed by atoms with van der Waals surface area (Å²) in [5.74, 6) is 0.767. The molecule has 0 fully saturated rings. The van der Waals surface area contributed by atoms with Crippen LogP contribution in [0.4, 0.5) is 5.69 Å². The molecule has 0 spiro atoms. The van der Waals surface area contributed by atoms with Crippen LogP contribution in [0.2, 0.25) is 0 Å².